The number of fused-ring (bicyclic) bond motifs is 1. The van der Waals surface area contributed by atoms with E-state index in [-0.39, 0.29) is 30.7 Å². The molecule has 2 N–H and O–H groups in total. The zero-order chi connectivity index (χ0) is 25.7. The van der Waals surface area contributed by atoms with Crippen LogP contribution < -0.4 is 10.6 Å². The lowest BCUT2D eigenvalue weighted by Crippen LogP contribution is -2.51. The normalized spacial score (nSPS) is 16.0. The summed E-state index contributed by atoms with van der Waals surface area (Å²) in [5.74, 6) is -0.577. The molecule has 9 heteroatoms. The van der Waals surface area contributed by atoms with Crippen molar-refractivity contribution in [3.8, 4) is 0 Å². The Morgan fingerprint density at radius 1 is 0.833 bits per heavy atom. The molecule has 0 radical (unpaired) electrons. The number of hydrogen-bond acceptors (Lipinski definition) is 4. The van der Waals surface area contributed by atoms with Crippen molar-refractivity contribution in [2.75, 3.05) is 44.6 Å². The lowest BCUT2D eigenvalue weighted by Gasteiger charge is -2.34. The van der Waals surface area contributed by atoms with E-state index in [4.69, 9.17) is 0 Å². The highest BCUT2D eigenvalue weighted by Gasteiger charge is 2.33. The molecule has 190 valence electrons. The Morgan fingerprint density at radius 2 is 1.42 bits per heavy atom. The minimum atomic E-state index is -4.54. The van der Waals surface area contributed by atoms with Gasteiger partial charge in [-0.1, -0.05) is 54.6 Å². The van der Waals surface area contributed by atoms with Crippen molar-refractivity contribution in [1.82, 2.24) is 15.1 Å². The number of carbonyl (C=O) groups is 2. The Labute approximate surface area is 208 Å². The quantitative estimate of drug-likeness (QED) is 0.510. The van der Waals surface area contributed by atoms with E-state index in [1.54, 1.807) is 0 Å². The molecule has 1 heterocycles. The van der Waals surface area contributed by atoms with Crippen LogP contribution in [0.5, 0.6) is 0 Å². The molecular weight excluding hydrogens is 469 g/mol. The number of rotatable bonds is 7. The molecule has 36 heavy (non-hydrogen) atoms. The first-order valence-corrected chi connectivity index (χ1v) is 11.9. The summed E-state index contributed by atoms with van der Waals surface area (Å²) in [5.41, 5.74) is -0.0538. The fraction of sp³-hybridized carbons (Fsp3) is 0.333. The van der Waals surface area contributed by atoms with Crippen LogP contribution in [0.2, 0.25) is 0 Å². The number of nitrogens with zero attached hydrogens (tertiary/aromatic N) is 2. The first-order valence-electron chi connectivity index (χ1n) is 11.9. The van der Waals surface area contributed by atoms with Gasteiger partial charge in [0.25, 0.3) is 0 Å². The van der Waals surface area contributed by atoms with Gasteiger partial charge in [0.15, 0.2) is 0 Å². The summed E-state index contributed by atoms with van der Waals surface area (Å²) >= 11 is 0. The maximum absolute atomic E-state index is 13.1. The molecule has 3 aromatic rings. The average molecular weight is 499 g/mol. The zero-order valence-electron chi connectivity index (χ0n) is 20.0. The van der Waals surface area contributed by atoms with Crippen molar-refractivity contribution in [3.05, 3.63) is 77.9 Å². The first kappa shape index (κ1) is 25.7. The molecule has 2 amide bonds. The second-order valence-electron chi connectivity index (χ2n) is 9.00. The van der Waals surface area contributed by atoms with Crippen molar-refractivity contribution in [2.45, 2.75) is 19.1 Å². The predicted molar refractivity (Wildman–Crippen MR) is 133 cm³/mol. The van der Waals surface area contributed by atoms with Gasteiger partial charge in [-0.2, -0.15) is 13.2 Å². The third-order valence-corrected chi connectivity index (χ3v) is 6.37. The topological polar surface area (TPSA) is 64.7 Å². The summed E-state index contributed by atoms with van der Waals surface area (Å²) in [4.78, 5) is 28.9. The van der Waals surface area contributed by atoms with Crippen LogP contribution in [0.25, 0.3) is 10.8 Å². The first-order chi connectivity index (χ1) is 17.2. The van der Waals surface area contributed by atoms with Crippen molar-refractivity contribution in [3.63, 3.8) is 0 Å². The number of alkyl halides is 3. The molecule has 0 bridgehead atoms. The summed E-state index contributed by atoms with van der Waals surface area (Å²) < 4.78 is 39.4. The van der Waals surface area contributed by atoms with E-state index in [0.29, 0.717) is 26.2 Å². The van der Waals surface area contributed by atoms with Crippen LogP contribution in [-0.2, 0) is 15.8 Å². The van der Waals surface area contributed by atoms with Crippen LogP contribution in [0, 0.1) is 0 Å². The monoisotopic (exact) mass is 498 g/mol. The molecule has 1 aliphatic rings. The van der Waals surface area contributed by atoms with Crippen molar-refractivity contribution in [2.24, 2.45) is 0 Å². The molecule has 0 aliphatic carbocycles. The van der Waals surface area contributed by atoms with E-state index in [2.05, 4.69) is 10.6 Å². The Kier molecular flexibility index (Phi) is 7.91. The summed E-state index contributed by atoms with van der Waals surface area (Å²) in [6.45, 7) is 4.46. The van der Waals surface area contributed by atoms with Gasteiger partial charge in [-0.25, -0.2) is 0 Å². The predicted octanol–water partition coefficient (Wildman–Crippen LogP) is 4.29. The van der Waals surface area contributed by atoms with Gasteiger partial charge in [0.2, 0.25) is 11.8 Å². The lowest BCUT2D eigenvalue weighted by molar-refractivity contribution is -0.137. The van der Waals surface area contributed by atoms with Gasteiger partial charge in [-0.15, -0.1) is 0 Å². The third-order valence-electron chi connectivity index (χ3n) is 6.37. The number of hydrogen-bond donors (Lipinski definition) is 2. The number of anilines is 1. The lowest BCUT2D eigenvalue weighted by atomic mass is 10.00. The van der Waals surface area contributed by atoms with Gasteiger partial charge < -0.3 is 10.6 Å². The van der Waals surface area contributed by atoms with E-state index in [0.717, 1.165) is 22.4 Å². The standard InChI is InChI=1S/C27H29F3N4O2/c1-19(21-10-6-8-20-7-2-3-9-22(20)21)31-25(35)17-33-13-15-34(16-14-33)18-26(36)32-24-12-5-4-11-23(24)27(28,29)30/h2-12,19H,13-18H2,1H3,(H,31,35)(H,32,36)/t19-/m0/s1. The fourth-order valence-corrected chi connectivity index (χ4v) is 4.53. The molecule has 6 nitrogen and oxygen atoms in total. The summed E-state index contributed by atoms with van der Waals surface area (Å²) in [6, 6.07) is 18.9. The van der Waals surface area contributed by atoms with Gasteiger partial charge in [-0.3, -0.25) is 19.4 Å². The third kappa shape index (κ3) is 6.41. The summed E-state index contributed by atoms with van der Waals surface area (Å²) in [7, 11) is 0. The van der Waals surface area contributed by atoms with E-state index in [1.807, 2.05) is 59.2 Å². The highest BCUT2D eigenvalue weighted by molar-refractivity contribution is 5.93. The minimum Gasteiger partial charge on any atom is -0.348 e. The van der Waals surface area contributed by atoms with Crippen LogP contribution in [0.1, 0.15) is 24.1 Å². The Bertz CT molecular complexity index is 1220. The zero-order valence-corrected chi connectivity index (χ0v) is 20.0. The number of carbonyl (C=O) groups excluding carboxylic acids is 2. The van der Waals surface area contributed by atoms with Crippen LogP contribution in [0.15, 0.2) is 66.7 Å². The molecule has 1 aliphatic heterocycles. The van der Waals surface area contributed by atoms with Crippen molar-refractivity contribution >= 4 is 28.3 Å². The second-order valence-corrected chi connectivity index (χ2v) is 9.00. The van der Waals surface area contributed by atoms with Crippen LogP contribution >= 0.6 is 0 Å². The van der Waals surface area contributed by atoms with E-state index < -0.39 is 17.6 Å². The van der Waals surface area contributed by atoms with Crippen LogP contribution in [0.4, 0.5) is 18.9 Å². The van der Waals surface area contributed by atoms with Gasteiger partial charge >= 0.3 is 6.18 Å². The molecule has 0 aromatic heterocycles. The molecule has 0 spiro atoms. The summed E-state index contributed by atoms with van der Waals surface area (Å²) in [6.07, 6.45) is -4.54. The average Bonchev–Trinajstić information content (AvgIpc) is 2.84. The number of para-hydroxylation sites is 1. The maximum atomic E-state index is 13.1. The maximum Gasteiger partial charge on any atom is 0.418 e. The van der Waals surface area contributed by atoms with Gasteiger partial charge in [0, 0.05) is 26.2 Å². The van der Waals surface area contributed by atoms with Crippen molar-refractivity contribution < 1.29 is 22.8 Å². The second kappa shape index (κ2) is 11.1. The van der Waals surface area contributed by atoms with Crippen LogP contribution in [0.3, 0.4) is 0 Å². The highest BCUT2D eigenvalue weighted by atomic mass is 19.4. The molecule has 4 rings (SSSR count). The molecule has 3 aromatic carbocycles. The molecule has 0 unspecified atom stereocenters. The summed E-state index contributed by atoms with van der Waals surface area (Å²) in [5, 5.41) is 7.68. The largest absolute Gasteiger partial charge is 0.418 e. The molecular formula is C27H29F3N4O2. The van der Waals surface area contributed by atoms with Crippen LogP contribution in [-0.4, -0.2) is 60.9 Å². The van der Waals surface area contributed by atoms with Gasteiger partial charge in [0.1, 0.15) is 0 Å². The highest BCUT2D eigenvalue weighted by Crippen LogP contribution is 2.34. The number of nitrogens with one attached hydrogen (secondary N) is 2. The molecule has 1 fully saturated rings. The van der Waals surface area contributed by atoms with E-state index in [9.17, 15) is 22.8 Å². The Balaban J connectivity index is 1.24. The SMILES string of the molecule is C[C@H](NC(=O)CN1CCN(CC(=O)Nc2ccccc2C(F)(F)F)CC1)c1cccc2ccccc12. The Morgan fingerprint density at radius 3 is 2.11 bits per heavy atom. The number of halogens is 3. The number of benzene rings is 3. The van der Waals surface area contributed by atoms with Gasteiger partial charge in [0.05, 0.1) is 30.4 Å². The number of piperazine rings is 1. The molecule has 1 saturated heterocycles. The van der Waals surface area contributed by atoms with E-state index in [1.165, 1.54) is 18.2 Å². The molecule has 1 atom stereocenters. The Hall–Kier alpha value is -3.43. The minimum absolute atomic E-state index is 0.00958. The molecule has 0 saturated carbocycles. The smallest absolute Gasteiger partial charge is 0.348 e. The van der Waals surface area contributed by atoms with Gasteiger partial charge in [-0.05, 0) is 35.4 Å². The fourth-order valence-electron chi connectivity index (χ4n) is 4.53. The van der Waals surface area contributed by atoms with E-state index >= 15 is 0 Å². The number of amides is 2. The van der Waals surface area contributed by atoms with Crippen molar-refractivity contribution in [1.29, 1.82) is 0 Å².